The van der Waals surface area contributed by atoms with E-state index in [9.17, 15) is 8.42 Å². The number of nitrogens with one attached hydrogen (secondary N) is 1. The van der Waals surface area contributed by atoms with Crippen LogP contribution in [0, 0.1) is 0 Å². The van der Waals surface area contributed by atoms with Gasteiger partial charge < -0.3 is 4.57 Å². The van der Waals surface area contributed by atoms with Crippen LogP contribution in [0.25, 0.3) is 0 Å². The lowest BCUT2D eigenvalue weighted by Gasteiger charge is -2.07. The van der Waals surface area contributed by atoms with Gasteiger partial charge in [0.15, 0.2) is 0 Å². The van der Waals surface area contributed by atoms with Gasteiger partial charge in [-0.1, -0.05) is 30.3 Å². The molecule has 0 saturated heterocycles. The van der Waals surface area contributed by atoms with Gasteiger partial charge in [0.1, 0.15) is 0 Å². The maximum Gasteiger partial charge on any atom is 0.215 e. The van der Waals surface area contributed by atoms with Gasteiger partial charge in [-0.25, -0.2) is 18.1 Å². The van der Waals surface area contributed by atoms with Crippen LogP contribution in [0.2, 0.25) is 0 Å². The Morgan fingerprint density at radius 1 is 1.21 bits per heavy atom. The van der Waals surface area contributed by atoms with Gasteiger partial charge in [-0.15, -0.1) is 0 Å². The number of aromatic nitrogens is 2. The number of aryl methyl sites for hydroxylation is 1. The summed E-state index contributed by atoms with van der Waals surface area (Å²) in [7, 11) is -3.25. The maximum absolute atomic E-state index is 11.8. The summed E-state index contributed by atoms with van der Waals surface area (Å²) in [5, 5.41) is 0. The Morgan fingerprint density at radius 3 is 2.68 bits per heavy atom. The highest BCUT2D eigenvalue weighted by Crippen LogP contribution is 2.03. The number of sulfonamides is 1. The molecule has 1 aromatic heterocycles. The lowest BCUT2D eigenvalue weighted by molar-refractivity contribution is 0.569. The average molecular weight is 279 g/mol. The Kier molecular flexibility index (Phi) is 4.70. The molecule has 0 amide bonds. The van der Waals surface area contributed by atoms with Crippen molar-refractivity contribution < 1.29 is 8.42 Å². The highest BCUT2D eigenvalue weighted by molar-refractivity contribution is 7.88. The molecule has 1 N–H and O–H groups in total. The van der Waals surface area contributed by atoms with Crippen LogP contribution in [-0.4, -0.2) is 24.5 Å². The molecule has 0 aliphatic carbocycles. The van der Waals surface area contributed by atoms with Crippen LogP contribution in [0.5, 0.6) is 0 Å². The van der Waals surface area contributed by atoms with E-state index >= 15 is 0 Å². The molecule has 6 heteroatoms. The quantitative estimate of drug-likeness (QED) is 0.779. The third kappa shape index (κ3) is 4.84. The van der Waals surface area contributed by atoms with Crippen molar-refractivity contribution in [2.45, 2.75) is 18.7 Å². The Hall–Kier alpha value is -1.66. The Morgan fingerprint density at radius 2 is 2.00 bits per heavy atom. The minimum atomic E-state index is -3.25. The van der Waals surface area contributed by atoms with E-state index in [1.807, 2.05) is 41.1 Å². The van der Waals surface area contributed by atoms with Crippen molar-refractivity contribution in [3.63, 3.8) is 0 Å². The fourth-order valence-electron chi connectivity index (χ4n) is 1.75. The maximum atomic E-state index is 11.8. The largest absolute Gasteiger partial charge is 0.337 e. The zero-order valence-electron chi connectivity index (χ0n) is 10.6. The molecule has 0 spiro atoms. The molecule has 0 aliphatic heterocycles. The summed E-state index contributed by atoms with van der Waals surface area (Å²) < 4.78 is 28.2. The molecule has 102 valence electrons. The summed E-state index contributed by atoms with van der Waals surface area (Å²) in [5.41, 5.74) is 0.796. The fourth-order valence-corrected chi connectivity index (χ4v) is 2.94. The first kappa shape index (κ1) is 13.8. The SMILES string of the molecule is O=S(=O)(Cc1ccccc1)NCCCn1ccnc1. The van der Waals surface area contributed by atoms with Crippen molar-refractivity contribution in [1.29, 1.82) is 0 Å². The fraction of sp³-hybridized carbons (Fsp3) is 0.308. The first-order valence-electron chi connectivity index (χ1n) is 6.13. The minimum Gasteiger partial charge on any atom is -0.337 e. The third-order valence-corrected chi connectivity index (χ3v) is 4.03. The molecule has 0 aliphatic rings. The van der Waals surface area contributed by atoms with Crippen LogP contribution in [0.4, 0.5) is 0 Å². The lowest BCUT2D eigenvalue weighted by Crippen LogP contribution is -2.26. The van der Waals surface area contributed by atoms with Gasteiger partial charge >= 0.3 is 0 Å². The summed E-state index contributed by atoms with van der Waals surface area (Å²) in [4.78, 5) is 3.93. The van der Waals surface area contributed by atoms with Crippen molar-refractivity contribution >= 4 is 10.0 Å². The number of rotatable bonds is 7. The normalized spacial score (nSPS) is 11.6. The second kappa shape index (κ2) is 6.49. The third-order valence-electron chi connectivity index (χ3n) is 2.67. The van der Waals surface area contributed by atoms with Gasteiger partial charge in [0.2, 0.25) is 10.0 Å². The van der Waals surface area contributed by atoms with E-state index in [-0.39, 0.29) is 5.75 Å². The monoisotopic (exact) mass is 279 g/mol. The van der Waals surface area contributed by atoms with Gasteiger partial charge in [0, 0.05) is 25.5 Å². The minimum absolute atomic E-state index is 0.0267. The van der Waals surface area contributed by atoms with E-state index in [0.29, 0.717) is 6.54 Å². The number of hydrogen-bond donors (Lipinski definition) is 1. The van der Waals surface area contributed by atoms with E-state index in [2.05, 4.69) is 9.71 Å². The van der Waals surface area contributed by atoms with E-state index in [0.717, 1.165) is 18.5 Å². The van der Waals surface area contributed by atoms with E-state index in [1.165, 1.54) is 0 Å². The highest BCUT2D eigenvalue weighted by Gasteiger charge is 2.10. The molecule has 0 unspecified atom stereocenters. The van der Waals surface area contributed by atoms with Crippen LogP contribution in [-0.2, 0) is 22.3 Å². The molecule has 19 heavy (non-hydrogen) atoms. The highest BCUT2D eigenvalue weighted by atomic mass is 32.2. The summed E-state index contributed by atoms with van der Waals surface area (Å²) in [6, 6.07) is 9.16. The molecule has 0 bridgehead atoms. The van der Waals surface area contributed by atoms with Crippen molar-refractivity contribution in [3.8, 4) is 0 Å². The van der Waals surface area contributed by atoms with Crippen LogP contribution in [0.1, 0.15) is 12.0 Å². The van der Waals surface area contributed by atoms with Crippen LogP contribution >= 0.6 is 0 Å². The molecule has 2 rings (SSSR count). The second-order valence-electron chi connectivity index (χ2n) is 4.29. The Labute approximate surface area is 113 Å². The van der Waals surface area contributed by atoms with Crippen molar-refractivity contribution in [2.24, 2.45) is 0 Å². The molecular weight excluding hydrogens is 262 g/mol. The molecule has 5 nitrogen and oxygen atoms in total. The molecule has 2 aromatic rings. The average Bonchev–Trinajstić information content (AvgIpc) is 2.88. The predicted molar refractivity (Wildman–Crippen MR) is 73.9 cm³/mol. The summed E-state index contributed by atoms with van der Waals surface area (Å²) >= 11 is 0. The Bertz CT molecular complexity index is 580. The van der Waals surface area contributed by atoms with Crippen LogP contribution in [0.15, 0.2) is 49.1 Å². The molecule has 0 atom stereocenters. The van der Waals surface area contributed by atoms with Crippen LogP contribution in [0.3, 0.4) is 0 Å². The molecule has 0 radical (unpaired) electrons. The molecule has 0 saturated carbocycles. The summed E-state index contributed by atoms with van der Waals surface area (Å²) in [5.74, 6) is 0.0267. The first-order valence-corrected chi connectivity index (χ1v) is 7.78. The molecule has 1 aromatic carbocycles. The zero-order valence-corrected chi connectivity index (χ0v) is 11.4. The summed E-state index contributed by atoms with van der Waals surface area (Å²) in [6.07, 6.45) is 6.03. The van der Waals surface area contributed by atoms with Gasteiger partial charge in [-0.2, -0.15) is 0 Å². The predicted octanol–water partition coefficient (Wildman–Crippen LogP) is 1.39. The summed E-state index contributed by atoms with van der Waals surface area (Å²) in [6.45, 7) is 1.20. The second-order valence-corrected chi connectivity index (χ2v) is 6.10. The van der Waals surface area contributed by atoms with Crippen molar-refractivity contribution in [2.75, 3.05) is 6.54 Å². The molecule has 1 heterocycles. The van der Waals surface area contributed by atoms with Gasteiger partial charge in [-0.3, -0.25) is 0 Å². The number of benzene rings is 1. The van der Waals surface area contributed by atoms with E-state index < -0.39 is 10.0 Å². The number of hydrogen-bond acceptors (Lipinski definition) is 3. The molecular formula is C13H17N3O2S. The van der Waals surface area contributed by atoms with Gasteiger partial charge in [-0.05, 0) is 12.0 Å². The zero-order chi connectivity index (χ0) is 13.6. The van der Waals surface area contributed by atoms with Crippen LogP contribution < -0.4 is 4.72 Å². The van der Waals surface area contributed by atoms with E-state index in [1.54, 1.807) is 12.5 Å². The standard InChI is InChI=1S/C13H17N3O2S/c17-19(18,11-13-5-2-1-3-6-13)15-7-4-9-16-10-8-14-12-16/h1-3,5-6,8,10,12,15H,4,7,9,11H2. The number of nitrogens with zero attached hydrogens (tertiary/aromatic N) is 2. The topological polar surface area (TPSA) is 64.0 Å². The van der Waals surface area contributed by atoms with Crippen molar-refractivity contribution in [3.05, 3.63) is 54.6 Å². The van der Waals surface area contributed by atoms with Gasteiger partial charge in [0.05, 0.1) is 12.1 Å². The first-order chi connectivity index (χ1) is 9.16. The smallest absolute Gasteiger partial charge is 0.215 e. The number of imidazole rings is 1. The Balaban J connectivity index is 1.75. The lowest BCUT2D eigenvalue weighted by atomic mass is 10.2. The van der Waals surface area contributed by atoms with Gasteiger partial charge in [0.25, 0.3) is 0 Å². The molecule has 0 fully saturated rings. The van der Waals surface area contributed by atoms with E-state index in [4.69, 9.17) is 0 Å². The van der Waals surface area contributed by atoms with Crippen molar-refractivity contribution in [1.82, 2.24) is 14.3 Å².